The molecule has 0 aromatic heterocycles. The molecule has 0 aliphatic carbocycles. The number of ether oxygens (including phenoxy) is 1. The van der Waals surface area contributed by atoms with E-state index in [2.05, 4.69) is 29.2 Å². The second-order valence-corrected chi connectivity index (χ2v) is 11.1. The summed E-state index contributed by atoms with van der Waals surface area (Å²) >= 11 is 0. The van der Waals surface area contributed by atoms with Gasteiger partial charge in [-0.3, -0.25) is 9.69 Å². The lowest BCUT2D eigenvalue weighted by atomic mass is 9.96. The summed E-state index contributed by atoms with van der Waals surface area (Å²) in [4.78, 5) is 17.5. The highest BCUT2D eigenvalue weighted by Crippen LogP contribution is 2.30. The minimum atomic E-state index is -3.90. The number of benzene rings is 3. The zero-order valence-corrected chi connectivity index (χ0v) is 22.5. The highest BCUT2D eigenvalue weighted by molar-refractivity contribution is 7.89. The third-order valence-electron chi connectivity index (χ3n) is 6.86. The molecule has 0 bridgehead atoms. The predicted molar refractivity (Wildman–Crippen MR) is 145 cm³/mol. The number of carbonyl (C=O) groups excluding carboxylic acids is 1. The van der Waals surface area contributed by atoms with Crippen LogP contribution in [-0.2, 0) is 14.8 Å². The Morgan fingerprint density at radius 1 is 0.919 bits per heavy atom. The van der Waals surface area contributed by atoms with Crippen LogP contribution in [0.2, 0.25) is 0 Å². The molecule has 8 heteroatoms. The number of hydrogen-bond acceptors (Lipinski definition) is 5. The normalized spacial score (nSPS) is 14.8. The lowest BCUT2D eigenvalue weighted by Gasteiger charge is -2.40. The molecule has 196 valence electrons. The van der Waals surface area contributed by atoms with Gasteiger partial charge in [0.2, 0.25) is 15.9 Å². The second kappa shape index (κ2) is 11.9. The van der Waals surface area contributed by atoms with Gasteiger partial charge in [0.1, 0.15) is 10.6 Å². The van der Waals surface area contributed by atoms with Crippen LogP contribution in [0.25, 0.3) is 0 Å². The van der Waals surface area contributed by atoms with Crippen LogP contribution < -0.4 is 4.74 Å². The number of rotatable bonds is 9. The summed E-state index contributed by atoms with van der Waals surface area (Å²) < 4.78 is 33.4. The van der Waals surface area contributed by atoms with Crippen molar-refractivity contribution in [2.24, 2.45) is 0 Å². The van der Waals surface area contributed by atoms with Crippen LogP contribution in [0.3, 0.4) is 0 Å². The molecular weight excluding hydrogens is 486 g/mol. The molecule has 4 rings (SSSR count). The summed E-state index contributed by atoms with van der Waals surface area (Å²) in [7, 11) is -2.45. The largest absolute Gasteiger partial charge is 0.495 e. The first-order valence-corrected chi connectivity index (χ1v) is 14.1. The van der Waals surface area contributed by atoms with Gasteiger partial charge in [0.15, 0.2) is 0 Å². The summed E-state index contributed by atoms with van der Waals surface area (Å²) in [5.74, 6) is 0.0886. The van der Waals surface area contributed by atoms with Crippen molar-refractivity contribution in [1.29, 1.82) is 0 Å². The van der Waals surface area contributed by atoms with Gasteiger partial charge in [-0.25, -0.2) is 8.42 Å². The molecule has 37 heavy (non-hydrogen) atoms. The topological polar surface area (TPSA) is 70.2 Å². The Morgan fingerprint density at radius 2 is 1.49 bits per heavy atom. The minimum absolute atomic E-state index is 0.0861. The summed E-state index contributed by atoms with van der Waals surface area (Å²) in [6.07, 6.45) is 0. The Kier molecular flexibility index (Phi) is 8.63. The number of hydrogen-bond donors (Lipinski definition) is 0. The SMILES string of the molecule is CCN(CC(=O)N1CCN(C(c2ccccc2)c2ccccc2)CC1)S(=O)(=O)c1cc(C)ccc1OC. The number of aryl methyl sites for hydroxylation is 1. The van der Waals surface area contributed by atoms with Crippen molar-refractivity contribution in [3.05, 3.63) is 95.6 Å². The lowest BCUT2D eigenvalue weighted by Crippen LogP contribution is -2.52. The molecule has 1 heterocycles. The van der Waals surface area contributed by atoms with Gasteiger partial charge in [-0.05, 0) is 35.7 Å². The fourth-order valence-corrected chi connectivity index (χ4v) is 6.50. The van der Waals surface area contributed by atoms with Crippen LogP contribution in [0.1, 0.15) is 29.7 Å². The van der Waals surface area contributed by atoms with Crippen molar-refractivity contribution in [1.82, 2.24) is 14.1 Å². The van der Waals surface area contributed by atoms with Gasteiger partial charge >= 0.3 is 0 Å². The smallest absolute Gasteiger partial charge is 0.247 e. The Bertz CT molecular complexity index is 1250. The Balaban J connectivity index is 1.46. The molecule has 0 spiro atoms. The first-order chi connectivity index (χ1) is 17.8. The van der Waals surface area contributed by atoms with Crippen LogP contribution in [-0.4, -0.2) is 74.8 Å². The van der Waals surface area contributed by atoms with E-state index in [0.29, 0.717) is 26.2 Å². The van der Waals surface area contributed by atoms with Crippen molar-refractivity contribution in [2.45, 2.75) is 24.8 Å². The highest BCUT2D eigenvalue weighted by Gasteiger charge is 2.32. The van der Waals surface area contributed by atoms with E-state index in [1.54, 1.807) is 30.0 Å². The first-order valence-electron chi connectivity index (χ1n) is 12.6. The molecular formula is C29H35N3O4S. The number of likely N-dealkylation sites (N-methyl/N-ethyl adjacent to an activating group) is 1. The van der Waals surface area contributed by atoms with E-state index >= 15 is 0 Å². The van der Waals surface area contributed by atoms with Crippen LogP contribution in [0, 0.1) is 6.92 Å². The summed E-state index contributed by atoms with van der Waals surface area (Å²) in [6.45, 7) is 6.05. The first kappa shape index (κ1) is 26.9. The van der Waals surface area contributed by atoms with E-state index in [0.717, 1.165) is 5.56 Å². The van der Waals surface area contributed by atoms with Crippen LogP contribution in [0.4, 0.5) is 0 Å². The number of amides is 1. The maximum atomic E-state index is 13.4. The van der Waals surface area contributed by atoms with Crippen molar-refractivity contribution in [3.63, 3.8) is 0 Å². The highest BCUT2D eigenvalue weighted by atomic mass is 32.2. The number of nitrogens with zero attached hydrogens (tertiary/aromatic N) is 3. The molecule has 0 N–H and O–H groups in total. The fraction of sp³-hybridized carbons (Fsp3) is 0.345. The molecule has 0 atom stereocenters. The molecule has 1 amide bonds. The molecule has 0 saturated carbocycles. The maximum Gasteiger partial charge on any atom is 0.247 e. The monoisotopic (exact) mass is 521 g/mol. The van der Waals surface area contributed by atoms with E-state index < -0.39 is 10.0 Å². The van der Waals surface area contributed by atoms with Gasteiger partial charge in [-0.1, -0.05) is 73.7 Å². The van der Waals surface area contributed by atoms with Gasteiger partial charge in [-0.15, -0.1) is 0 Å². The minimum Gasteiger partial charge on any atom is -0.495 e. The van der Waals surface area contributed by atoms with Crippen LogP contribution in [0.5, 0.6) is 5.75 Å². The molecule has 0 unspecified atom stereocenters. The van der Waals surface area contributed by atoms with Gasteiger partial charge in [-0.2, -0.15) is 4.31 Å². The average Bonchev–Trinajstić information content (AvgIpc) is 2.93. The molecule has 1 fully saturated rings. The Hall–Kier alpha value is -3.20. The van der Waals surface area contributed by atoms with E-state index in [4.69, 9.17) is 4.74 Å². The van der Waals surface area contributed by atoms with E-state index in [9.17, 15) is 13.2 Å². The zero-order chi connectivity index (χ0) is 26.4. The molecule has 1 aliphatic heterocycles. The van der Waals surface area contributed by atoms with Crippen molar-refractivity contribution in [2.75, 3.05) is 46.4 Å². The fourth-order valence-electron chi connectivity index (χ4n) is 4.86. The zero-order valence-electron chi connectivity index (χ0n) is 21.7. The average molecular weight is 522 g/mol. The van der Waals surface area contributed by atoms with Crippen LogP contribution >= 0.6 is 0 Å². The molecule has 1 saturated heterocycles. The predicted octanol–water partition coefficient (Wildman–Crippen LogP) is 3.95. The maximum absolute atomic E-state index is 13.4. The van der Waals surface area contributed by atoms with Gasteiger partial charge in [0.05, 0.1) is 19.7 Å². The standard InChI is InChI=1S/C29H35N3O4S/c1-4-32(37(34,35)27-21-23(2)15-16-26(27)36-3)22-28(33)30-17-19-31(20-18-30)29(24-11-7-5-8-12-24)25-13-9-6-10-14-25/h5-16,21,29H,4,17-20,22H2,1-3H3. The van der Waals surface area contributed by atoms with Gasteiger partial charge < -0.3 is 9.64 Å². The van der Waals surface area contributed by atoms with Crippen molar-refractivity contribution < 1.29 is 17.9 Å². The Labute approximate surface area is 220 Å². The van der Waals surface area contributed by atoms with Crippen molar-refractivity contribution in [3.8, 4) is 5.75 Å². The van der Waals surface area contributed by atoms with Crippen LogP contribution in [0.15, 0.2) is 83.8 Å². The second-order valence-electron chi connectivity index (χ2n) is 9.23. The number of methoxy groups -OCH3 is 1. The number of carbonyl (C=O) groups is 1. The Morgan fingerprint density at radius 3 is 2.00 bits per heavy atom. The van der Waals surface area contributed by atoms with Gasteiger partial charge in [0, 0.05) is 32.7 Å². The summed E-state index contributed by atoms with van der Waals surface area (Å²) in [6, 6.07) is 25.9. The molecule has 1 aliphatic rings. The van der Waals surface area contributed by atoms with Gasteiger partial charge in [0.25, 0.3) is 0 Å². The molecule has 7 nitrogen and oxygen atoms in total. The quantitative estimate of drug-likeness (QED) is 0.427. The van der Waals surface area contributed by atoms with E-state index in [1.165, 1.54) is 22.5 Å². The lowest BCUT2D eigenvalue weighted by molar-refractivity contribution is -0.133. The summed E-state index contributed by atoms with van der Waals surface area (Å²) in [5, 5.41) is 0. The summed E-state index contributed by atoms with van der Waals surface area (Å²) in [5.41, 5.74) is 3.23. The molecule has 0 radical (unpaired) electrons. The number of piperazine rings is 1. The van der Waals surface area contributed by atoms with E-state index in [1.807, 2.05) is 43.3 Å². The van der Waals surface area contributed by atoms with E-state index in [-0.39, 0.29) is 35.7 Å². The molecule has 3 aromatic carbocycles. The molecule has 3 aromatic rings. The third kappa shape index (κ3) is 6.04. The van der Waals surface area contributed by atoms with Crippen molar-refractivity contribution >= 4 is 15.9 Å². The number of sulfonamides is 1. The third-order valence-corrected chi connectivity index (χ3v) is 8.81.